The van der Waals surface area contributed by atoms with Crippen LogP contribution in [0.15, 0.2) is 28.7 Å². The summed E-state index contributed by atoms with van der Waals surface area (Å²) in [6, 6.07) is 8.91. The maximum atomic E-state index is 6.17. The fourth-order valence-corrected chi connectivity index (χ4v) is 2.74. The summed E-state index contributed by atoms with van der Waals surface area (Å²) in [7, 11) is 0. The topological polar surface area (TPSA) is 29.3 Å². The molecular weight excluding hydrogens is 276 g/mol. The molecule has 0 amide bonds. The van der Waals surface area contributed by atoms with E-state index in [9.17, 15) is 0 Å². The average Bonchev–Trinajstić information content (AvgIpc) is 2.28. The Morgan fingerprint density at radius 3 is 2.53 bits per heavy atom. The summed E-state index contributed by atoms with van der Waals surface area (Å²) in [5.74, 6) is 0. The number of benzene rings is 1. The van der Waals surface area contributed by atoms with Crippen molar-refractivity contribution < 1.29 is 0 Å². The lowest BCUT2D eigenvalue weighted by Crippen LogP contribution is -2.39. The third-order valence-corrected chi connectivity index (χ3v) is 3.49. The molecule has 0 fully saturated rings. The van der Waals surface area contributed by atoms with Gasteiger partial charge in [0, 0.05) is 16.6 Å². The highest BCUT2D eigenvalue weighted by molar-refractivity contribution is 9.10. The Morgan fingerprint density at radius 1 is 1.35 bits per heavy atom. The number of hydrogen-bond donors (Lipinski definition) is 1. The van der Waals surface area contributed by atoms with Gasteiger partial charge in [-0.05, 0) is 44.1 Å². The van der Waals surface area contributed by atoms with E-state index in [1.54, 1.807) is 0 Å². The van der Waals surface area contributed by atoms with Crippen molar-refractivity contribution in [1.29, 1.82) is 0 Å². The predicted molar refractivity (Wildman–Crippen MR) is 78.1 cm³/mol. The van der Waals surface area contributed by atoms with Gasteiger partial charge in [0.2, 0.25) is 0 Å². The number of nitrogens with zero attached hydrogens (tertiary/aromatic N) is 1. The van der Waals surface area contributed by atoms with Crippen LogP contribution in [0.3, 0.4) is 0 Å². The minimum Gasteiger partial charge on any atom is -0.326 e. The van der Waals surface area contributed by atoms with Gasteiger partial charge < -0.3 is 5.73 Å². The van der Waals surface area contributed by atoms with E-state index in [1.165, 1.54) is 5.56 Å². The largest absolute Gasteiger partial charge is 0.326 e. The summed E-state index contributed by atoms with van der Waals surface area (Å²) < 4.78 is 1.12. The number of hydrogen-bond acceptors (Lipinski definition) is 2. The van der Waals surface area contributed by atoms with Crippen LogP contribution >= 0.6 is 15.9 Å². The second-order valence-corrected chi connectivity index (χ2v) is 5.40. The van der Waals surface area contributed by atoms with Crippen molar-refractivity contribution in [2.24, 2.45) is 5.73 Å². The fourth-order valence-electron chi connectivity index (χ4n) is 2.32. The lowest BCUT2D eigenvalue weighted by Gasteiger charge is -2.33. The van der Waals surface area contributed by atoms with Gasteiger partial charge in [-0.25, -0.2) is 0 Å². The van der Waals surface area contributed by atoms with E-state index in [1.807, 2.05) is 0 Å². The second kappa shape index (κ2) is 7.14. The molecule has 0 aliphatic heterocycles. The molecule has 96 valence electrons. The summed E-state index contributed by atoms with van der Waals surface area (Å²) in [6.45, 7) is 8.62. The lowest BCUT2D eigenvalue weighted by atomic mass is 9.99. The summed E-state index contributed by atoms with van der Waals surface area (Å²) in [5.41, 5.74) is 7.46. The highest BCUT2D eigenvalue weighted by Crippen LogP contribution is 2.26. The SMILES string of the molecule is CCCN(CC)C(c1cccc(Br)c1)C(C)N. The molecule has 0 aliphatic carbocycles. The maximum absolute atomic E-state index is 6.17. The molecule has 0 aliphatic rings. The highest BCUT2D eigenvalue weighted by Gasteiger charge is 2.22. The number of likely N-dealkylation sites (N-methyl/N-ethyl adjacent to an activating group) is 1. The molecule has 1 aromatic carbocycles. The van der Waals surface area contributed by atoms with E-state index in [0.717, 1.165) is 24.0 Å². The Labute approximate surface area is 113 Å². The maximum Gasteiger partial charge on any atom is 0.0496 e. The first-order valence-electron chi connectivity index (χ1n) is 6.35. The molecule has 1 rings (SSSR count). The quantitative estimate of drug-likeness (QED) is 0.870. The third-order valence-electron chi connectivity index (χ3n) is 3.00. The molecule has 2 nitrogen and oxygen atoms in total. The number of nitrogens with two attached hydrogens (primary N) is 1. The molecule has 0 heterocycles. The van der Waals surface area contributed by atoms with Crippen molar-refractivity contribution in [2.45, 2.75) is 39.3 Å². The van der Waals surface area contributed by atoms with Crippen molar-refractivity contribution >= 4 is 15.9 Å². The highest BCUT2D eigenvalue weighted by atomic mass is 79.9. The van der Waals surface area contributed by atoms with E-state index < -0.39 is 0 Å². The van der Waals surface area contributed by atoms with Crippen LogP contribution in [0.2, 0.25) is 0 Å². The molecule has 1 aromatic rings. The van der Waals surface area contributed by atoms with E-state index in [4.69, 9.17) is 5.73 Å². The first-order valence-corrected chi connectivity index (χ1v) is 7.14. The Balaban J connectivity index is 2.99. The van der Waals surface area contributed by atoms with Crippen molar-refractivity contribution in [3.05, 3.63) is 34.3 Å². The van der Waals surface area contributed by atoms with Gasteiger partial charge in [0.25, 0.3) is 0 Å². The van der Waals surface area contributed by atoms with Gasteiger partial charge in [-0.15, -0.1) is 0 Å². The average molecular weight is 299 g/mol. The van der Waals surface area contributed by atoms with Crippen molar-refractivity contribution in [3.63, 3.8) is 0 Å². The summed E-state index contributed by atoms with van der Waals surface area (Å²) in [6.07, 6.45) is 1.16. The molecule has 0 saturated carbocycles. The van der Waals surface area contributed by atoms with E-state index >= 15 is 0 Å². The first kappa shape index (κ1) is 14.7. The van der Waals surface area contributed by atoms with Crippen LogP contribution in [0.25, 0.3) is 0 Å². The van der Waals surface area contributed by atoms with Crippen molar-refractivity contribution in [1.82, 2.24) is 4.90 Å². The molecule has 0 saturated heterocycles. The van der Waals surface area contributed by atoms with Crippen LogP contribution in [0.5, 0.6) is 0 Å². The van der Waals surface area contributed by atoms with Crippen LogP contribution in [-0.4, -0.2) is 24.0 Å². The number of halogens is 1. The van der Waals surface area contributed by atoms with Crippen LogP contribution in [0, 0.1) is 0 Å². The van der Waals surface area contributed by atoms with Crippen LogP contribution in [-0.2, 0) is 0 Å². The van der Waals surface area contributed by atoms with Crippen molar-refractivity contribution in [2.75, 3.05) is 13.1 Å². The molecule has 0 aromatic heterocycles. The van der Waals surface area contributed by atoms with Gasteiger partial charge in [0.1, 0.15) is 0 Å². The smallest absolute Gasteiger partial charge is 0.0496 e. The minimum absolute atomic E-state index is 0.135. The Bertz CT molecular complexity index is 339. The van der Waals surface area contributed by atoms with Gasteiger partial charge in [0.15, 0.2) is 0 Å². The number of rotatable bonds is 6. The minimum atomic E-state index is 0.135. The predicted octanol–water partition coefficient (Wildman–Crippen LogP) is 3.57. The monoisotopic (exact) mass is 298 g/mol. The summed E-state index contributed by atoms with van der Waals surface area (Å²) >= 11 is 3.53. The van der Waals surface area contributed by atoms with E-state index in [0.29, 0.717) is 6.04 Å². The Morgan fingerprint density at radius 2 is 2.06 bits per heavy atom. The standard InChI is InChI=1S/C14H23BrN2/c1-4-9-17(5-2)14(11(3)16)12-7-6-8-13(15)10-12/h6-8,10-11,14H,4-5,9,16H2,1-3H3. The third kappa shape index (κ3) is 4.09. The first-order chi connectivity index (χ1) is 8.10. The Kier molecular flexibility index (Phi) is 6.17. The van der Waals surface area contributed by atoms with Crippen LogP contribution in [0.4, 0.5) is 0 Å². The van der Waals surface area contributed by atoms with Gasteiger partial charge >= 0.3 is 0 Å². The molecule has 2 atom stereocenters. The molecule has 3 heteroatoms. The zero-order chi connectivity index (χ0) is 12.8. The van der Waals surface area contributed by atoms with Gasteiger partial charge in [-0.3, -0.25) is 4.90 Å². The van der Waals surface area contributed by atoms with E-state index in [-0.39, 0.29) is 6.04 Å². The molecular formula is C14H23BrN2. The summed E-state index contributed by atoms with van der Waals surface area (Å²) in [5, 5.41) is 0. The molecule has 2 unspecified atom stereocenters. The zero-order valence-electron chi connectivity index (χ0n) is 11.0. The molecule has 0 radical (unpaired) electrons. The molecule has 0 bridgehead atoms. The summed E-state index contributed by atoms with van der Waals surface area (Å²) in [4.78, 5) is 2.45. The van der Waals surface area contributed by atoms with Crippen LogP contribution in [0.1, 0.15) is 38.8 Å². The van der Waals surface area contributed by atoms with Crippen molar-refractivity contribution in [3.8, 4) is 0 Å². The normalized spacial score (nSPS) is 14.9. The van der Waals surface area contributed by atoms with Gasteiger partial charge in [-0.2, -0.15) is 0 Å². The molecule has 2 N–H and O–H groups in total. The van der Waals surface area contributed by atoms with Gasteiger partial charge in [0.05, 0.1) is 0 Å². The van der Waals surface area contributed by atoms with Crippen LogP contribution < -0.4 is 5.73 Å². The van der Waals surface area contributed by atoms with Gasteiger partial charge in [-0.1, -0.05) is 41.9 Å². The van der Waals surface area contributed by atoms with E-state index in [2.05, 4.69) is 65.9 Å². The fraction of sp³-hybridized carbons (Fsp3) is 0.571. The second-order valence-electron chi connectivity index (χ2n) is 4.49. The molecule has 0 spiro atoms. The lowest BCUT2D eigenvalue weighted by molar-refractivity contribution is 0.186. The Hall–Kier alpha value is -0.380. The zero-order valence-corrected chi connectivity index (χ0v) is 12.6. The molecule has 17 heavy (non-hydrogen) atoms.